The molecule has 1 amide bonds. The van der Waals surface area contributed by atoms with Crippen LogP contribution in [0.4, 0.5) is 5.69 Å². The molecule has 0 atom stereocenters. The normalized spacial score (nSPS) is 10.5. The largest absolute Gasteiger partial charge is 0.324 e. The van der Waals surface area contributed by atoms with E-state index >= 15 is 0 Å². The predicted molar refractivity (Wildman–Crippen MR) is 93.3 cm³/mol. The minimum atomic E-state index is -0.0861. The summed E-state index contributed by atoms with van der Waals surface area (Å²) in [4.78, 5) is 12.0. The van der Waals surface area contributed by atoms with Crippen molar-refractivity contribution in [3.05, 3.63) is 56.9 Å². The number of thiophene rings is 1. The number of benzene rings is 1. The molecule has 1 N–H and O–H groups in total. The summed E-state index contributed by atoms with van der Waals surface area (Å²) in [5.41, 5.74) is 2.77. The van der Waals surface area contributed by atoms with Crippen LogP contribution in [0.25, 0.3) is 11.3 Å². The number of rotatable bonds is 4. The Morgan fingerprint density at radius 2 is 2.24 bits per heavy atom. The number of anilines is 1. The predicted octanol–water partition coefficient (Wildman–Crippen LogP) is 3.85. The molecule has 106 valence electrons. The molecule has 1 aromatic carbocycles. The first kappa shape index (κ1) is 14.3. The van der Waals surface area contributed by atoms with Crippen LogP contribution in [0.1, 0.15) is 0 Å². The first-order valence-electron chi connectivity index (χ1n) is 6.32. The van der Waals surface area contributed by atoms with Gasteiger partial charge < -0.3 is 5.32 Å². The molecule has 0 unspecified atom stereocenters. The number of hydrogen-bond acceptors (Lipinski definition) is 3. The lowest BCUT2D eigenvalue weighted by Gasteiger charge is -2.05. The van der Waals surface area contributed by atoms with Gasteiger partial charge in [0.1, 0.15) is 6.54 Å². The second kappa shape index (κ2) is 6.40. The molecule has 6 heteroatoms. The van der Waals surface area contributed by atoms with Crippen LogP contribution in [0.15, 0.2) is 53.4 Å². The zero-order valence-corrected chi connectivity index (χ0v) is 14.0. The van der Waals surface area contributed by atoms with Crippen LogP contribution < -0.4 is 5.32 Å². The monoisotopic (exact) mass is 409 g/mol. The summed E-state index contributed by atoms with van der Waals surface area (Å²) >= 11 is 3.85. The van der Waals surface area contributed by atoms with Crippen molar-refractivity contribution in [2.24, 2.45) is 0 Å². The highest BCUT2D eigenvalue weighted by molar-refractivity contribution is 14.1. The first-order chi connectivity index (χ1) is 10.2. The molecule has 0 aliphatic heterocycles. The standard InChI is InChI=1S/C15H12IN3OS/c16-12-2-1-3-13(8-12)17-15(20)9-19-6-4-14(18-19)11-5-7-21-10-11/h1-8,10H,9H2,(H,17,20). The molecule has 0 saturated carbocycles. The third-order valence-corrected chi connectivity index (χ3v) is 4.23. The molecule has 3 aromatic rings. The van der Waals surface area contributed by atoms with Crippen molar-refractivity contribution in [3.8, 4) is 11.3 Å². The Bertz CT molecular complexity index is 752. The van der Waals surface area contributed by atoms with Crippen molar-refractivity contribution >= 4 is 45.5 Å². The Labute approximate surface area is 139 Å². The molecule has 4 nitrogen and oxygen atoms in total. The Balaban J connectivity index is 1.65. The van der Waals surface area contributed by atoms with E-state index in [0.717, 1.165) is 20.5 Å². The van der Waals surface area contributed by atoms with Gasteiger partial charge in [0.05, 0.1) is 5.69 Å². The molecule has 0 radical (unpaired) electrons. The van der Waals surface area contributed by atoms with Gasteiger partial charge in [-0.05, 0) is 58.3 Å². The number of carbonyl (C=O) groups excluding carboxylic acids is 1. The van der Waals surface area contributed by atoms with Crippen molar-refractivity contribution in [2.45, 2.75) is 6.54 Å². The average molecular weight is 409 g/mol. The lowest BCUT2D eigenvalue weighted by Crippen LogP contribution is -2.19. The van der Waals surface area contributed by atoms with E-state index in [-0.39, 0.29) is 12.5 Å². The van der Waals surface area contributed by atoms with E-state index in [9.17, 15) is 4.79 Å². The smallest absolute Gasteiger partial charge is 0.246 e. The van der Waals surface area contributed by atoms with E-state index in [1.54, 1.807) is 16.0 Å². The molecular weight excluding hydrogens is 397 g/mol. The molecule has 3 rings (SSSR count). The lowest BCUT2D eigenvalue weighted by molar-refractivity contribution is -0.116. The number of carbonyl (C=O) groups is 1. The number of hydrogen-bond donors (Lipinski definition) is 1. The summed E-state index contributed by atoms with van der Waals surface area (Å²) in [5.74, 6) is -0.0861. The second-order valence-corrected chi connectivity index (χ2v) is 6.49. The summed E-state index contributed by atoms with van der Waals surface area (Å²) in [6, 6.07) is 11.6. The highest BCUT2D eigenvalue weighted by Gasteiger charge is 2.07. The Morgan fingerprint density at radius 1 is 1.33 bits per heavy atom. The van der Waals surface area contributed by atoms with Crippen LogP contribution >= 0.6 is 33.9 Å². The van der Waals surface area contributed by atoms with Crippen LogP contribution in [0, 0.1) is 3.57 Å². The summed E-state index contributed by atoms with van der Waals surface area (Å²) in [7, 11) is 0. The minimum Gasteiger partial charge on any atom is -0.324 e. The first-order valence-corrected chi connectivity index (χ1v) is 8.34. The number of nitrogens with one attached hydrogen (secondary N) is 1. The quantitative estimate of drug-likeness (QED) is 0.666. The van der Waals surface area contributed by atoms with Gasteiger partial charge in [-0.2, -0.15) is 16.4 Å². The molecule has 0 saturated heterocycles. The third-order valence-electron chi connectivity index (χ3n) is 2.87. The lowest BCUT2D eigenvalue weighted by atomic mass is 10.2. The van der Waals surface area contributed by atoms with Crippen LogP contribution in [0.3, 0.4) is 0 Å². The van der Waals surface area contributed by atoms with E-state index in [1.165, 1.54) is 0 Å². The molecule has 2 aromatic heterocycles. The average Bonchev–Trinajstić information content (AvgIpc) is 3.08. The summed E-state index contributed by atoms with van der Waals surface area (Å²) < 4.78 is 2.74. The van der Waals surface area contributed by atoms with Gasteiger partial charge in [-0.3, -0.25) is 9.48 Å². The van der Waals surface area contributed by atoms with E-state index in [4.69, 9.17) is 0 Å². The number of aromatic nitrogens is 2. The molecule has 0 aliphatic carbocycles. The Morgan fingerprint density at radius 3 is 3.00 bits per heavy atom. The van der Waals surface area contributed by atoms with Gasteiger partial charge in [-0.1, -0.05) is 6.07 Å². The van der Waals surface area contributed by atoms with Crippen LogP contribution in [-0.4, -0.2) is 15.7 Å². The van der Waals surface area contributed by atoms with Gasteiger partial charge in [-0.25, -0.2) is 0 Å². The SMILES string of the molecule is O=C(Cn1ccc(-c2ccsc2)n1)Nc1cccc(I)c1. The summed E-state index contributed by atoms with van der Waals surface area (Å²) in [6.45, 7) is 0.204. The van der Waals surface area contributed by atoms with Gasteiger partial charge in [0.2, 0.25) is 5.91 Å². The Hall–Kier alpha value is -1.67. The minimum absolute atomic E-state index is 0.0861. The molecule has 0 bridgehead atoms. The van der Waals surface area contributed by atoms with Crippen LogP contribution in [0.2, 0.25) is 0 Å². The fourth-order valence-corrected chi connectivity index (χ4v) is 3.12. The number of nitrogens with zero attached hydrogens (tertiary/aromatic N) is 2. The van der Waals surface area contributed by atoms with Crippen molar-refractivity contribution in [1.29, 1.82) is 0 Å². The van der Waals surface area contributed by atoms with Gasteiger partial charge in [-0.15, -0.1) is 0 Å². The number of amides is 1. The fourth-order valence-electron chi connectivity index (χ4n) is 1.93. The molecule has 0 aliphatic rings. The van der Waals surface area contributed by atoms with Gasteiger partial charge in [0, 0.05) is 26.4 Å². The third kappa shape index (κ3) is 3.70. The van der Waals surface area contributed by atoms with E-state index in [2.05, 4.69) is 33.0 Å². The maximum atomic E-state index is 12.0. The number of halogens is 1. The van der Waals surface area contributed by atoms with Crippen molar-refractivity contribution in [2.75, 3.05) is 5.32 Å². The van der Waals surface area contributed by atoms with Gasteiger partial charge in [0.25, 0.3) is 0 Å². The van der Waals surface area contributed by atoms with E-state index < -0.39 is 0 Å². The molecule has 2 heterocycles. The van der Waals surface area contributed by atoms with Crippen molar-refractivity contribution in [1.82, 2.24) is 9.78 Å². The van der Waals surface area contributed by atoms with Crippen molar-refractivity contribution in [3.63, 3.8) is 0 Å². The highest BCUT2D eigenvalue weighted by Crippen LogP contribution is 2.19. The molecule has 0 fully saturated rings. The second-order valence-electron chi connectivity index (χ2n) is 4.47. The summed E-state index contributed by atoms with van der Waals surface area (Å²) in [5, 5.41) is 11.3. The zero-order valence-electron chi connectivity index (χ0n) is 11.0. The summed E-state index contributed by atoms with van der Waals surface area (Å²) in [6.07, 6.45) is 1.82. The molecule has 21 heavy (non-hydrogen) atoms. The maximum absolute atomic E-state index is 12.0. The zero-order chi connectivity index (χ0) is 14.7. The van der Waals surface area contributed by atoms with Gasteiger partial charge in [0.15, 0.2) is 0 Å². The van der Waals surface area contributed by atoms with Gasteiger partial charge >= 0.3 is 0 Å². The van der Waals surface area contributed by atoms with E-state index in [0.29, 0.717) is 0 Å². The van der Waals surface area contributed by atoms with Crippen LogP contribution in [-0.2, 0) is 11.3 Å². The molecule has 0 spiro atoms. The van der Waals surface area contributed by atoms with Crippen LogP contribution in [0.5, 0.6) is 0 Å². The highest BCUT2D eigenvalue weighted by atomic mass is 127. The van der Waals surface area contributed by atoms with Crippen molar-refractivity contribution < 1.29 is 4.79 Å². The van der Waals surface area contributed by atoms with E-state index in [1.807, 2.05) is 53.4 Å². The molecular formula is C15H12IN3OS. The Kier molecular flexibility index (Phi) is 4.35. The fraction of sp³-hybridized carbons (Fsp3) is 0.0667. The topological polar surface area (TPSA) is 46.9 Å². The maximum Gasteiger partial charge on any atom is 0.246 e.